The Hall–Kier alpha value is -3.72. The van der Waals surface area contributed by atoms with E-state index in [0.717, 1.165) is 16.3 Å². The first-order valence-electron chi connectivity index (χ1n) is 11.6. The molecule has 9 heteroatoms. The summed E-state index contributed by atoms with van der Waals surface area (Å²) in [5, 5.41) is 2.05. The molecular weight excluding hydrogens is 513 g/mol. The Morgan fingerprint density at radius 3 is 2.49 bits per heavy atom. The summed E-state index contributed by atoms with van der Waals surface area (Å²) in [5.74, 6) is 0.0429. The third kappa shape index (κ3) is 5.22. The van der Waals surface area contributed by atoms with Crippen LogP contribution in [0.15, 0.2) is 102 Å². The molecule has 1 heterocycles. The molecule has 4 aromatic carbocycles. The molecule has 0 saturated carbocycles. The van der Waals surface area contributed by atoms with Crippen molar-refractivity contribution in [1.82, 2.24) is 14.3 Å². The second-order valence-corrected chi connectivity index (χ2v) is 10.5. The van der Waals surface area contributed by atoms with Gasteiger partial charge in [0.1, 0.15) is 11.6 Å². The van der Waals surface area contributed by atoms with E-state index in [1.54, 1.807) is 41.1 Å². The third-order valence-corrected chi connectivity index (χ3v) is 7.75. The van der Waals surface area contributed by atoms with Crippen LogP contribution in [0.3, 0.4) is 0 Å². The molecule has 1 N–H and O–H groups in total. The smallest absolute Gasteiger partial charge is 0.302 e. The zero-order valence-corrected chi connectivity index (χ0v) is 21.4. The number of nitrogens with one attached hydrogen (secondary N) is 1. The average molecular weight is 536 g/mol. The lowest BCUT2D eigenvalue weighted by Crippen LogP contribution is -2.31. The summed E-state index contributed by atoms with van der Waals surface area (Å²) in [6, 6.07) is 24.6. The highest BCUT2D eigenvalue weighted by atomic mass is 35.5. The molecule has 1 atom stereocenters. The molecule has 6 nitrogen and oxygen atoms in total. The Balaban J connectivity index is 1.54. The van der Waals surface area contributed by atoms with E-state index in [4.69, 9.17) is 16.3 Å². The van der Waals surface area contributed by atoms with Gasteiger partial charge in [0.25, 0.3) is 0 Å². The van der Waals surface area contributed by atoms with Crippen LogP contribution in [0.1, 0.15) is 24.2 Å². The van der Waals surface area contributed by atoms with Crippen LogP contribution in [0, 0.1) is 5.82 Å². The molecule has 1 aromatic heterocycles. The van der Waals surface area contributed by atoms with Crippen molar-refractivity contribution in [2.24, 2.45) is 0 Å². The van der Waals surface area contributed by atoms with E-state index < -0.39 is 16.1 Å². The van der Waals surface area contributed by atoms with Crippen LogP contribution in [0.4, 0.5) is 4.39 Å². The maximum atomic E-state index is 13.6. The van der Waals surface area contributed by atoms with Gasteiger partial charge in [-0.2, -0.15) is 4.72 Å². The van der Waals surface area contributed by atoms with E-state index in [9.17, 15) is 12.8 Å². The summed E-state index contributed by atoms with van der Waals surface area (Å²) in [4.78, 5) is 4.52. The number of nitrogens with zero attached hydrogens (tertiary/aromatic N) is 2. The van der Waals surface area contributed by atoms with Crippen molar-refractivity contribution in [3.05, 3.63) is 119 Å². The predicted molar refractivity (Wildman–Crippen MR) is 142 cm³/mol. The van der Waals surface area contributed by atoms with Crippen molar-refractivity contribution < 1.29 is 17.5 Å². The maximum absolute atomic E-state index is 13.6. The number of rotatable bonds is 8. The average Bonchev–Trinajstić information content (AvgIpc) is 3.31. The third-order valence-electron chi connectivity index (χ3n) is 6.00. The highest BCUT2D eigenvalue weighted by Gasteiger charge is 2.27. The normalized spacial score (nSPS) is 12.5. The SMILES string of the molecule is CCn1c(C(NS(=O)(=O)c2ccc3c(Cl)cccc3c2)c2ccccc2)cnc1Oc1ccc(F)cc1. The van der Waals surface area contributed by atoms with Gasteiger partial charge in [-0.25, -0.2) is 17.8 Å². The number of halogens is 2. The standard InChI is InChI=1S/C28H23ClFN3O3S/c1-2-33-26(18-31-28(33)36-22-13-11-21(30)12-14-22)27(19-7-4-3-5-8-19)32-37(34,35)23-15-16-24-20(17-23)9-6-10-25(24)29/h3-18,27,32H,2H2,1H3. The van der Waals surface area contributed by atoms with Crippen LogP contribution in [0.25, 0.3) is 10.8 Å². The van der Waals surface area contributed by atoms with Crippen LogP contribution >= 0.6 is 11.6 Å². The predicted octanol–water partition coefficient (Wildman–Crippen LogP) is 6.71. The Morgan fingerprint density at radius 1 is 1.00 bits per heavy atom. The molecule has 0 saturated heterocycles. The van der Waals surface area contributed by atoms with Crippen molar-refractivity contribution in [3.63, 3.8) is 0 Å². The lowest BCUT2D eigenvalue weighted by molar-refractivity contribution is 0.408. The summed E-state index contributed by atoms with van der Waals surface area (Å²) in [6.07, 6.45) is 1.59. The minimum Gasteiger partial charge on any atom is -0.426 e. The largest absolute Gasteiger partial charge is 0.426 e. The van der Waals surface area contributed by atoms with Crippen molar-refractivity contribution >= 4 is 32.4 Å². The first-order chi connectivity index (χ1) is 17.9. The summed E-state index contributed by atoms with van der Waals surface area (Å²) in [5.41, 5.74) is 1.33. The quantitative estimate of drug-likeness (QED) is 0.240. The fraction of sp³-hybridized carbons (Fsp3) is 0.107. The lowest BCUT2D eigenvalue weighted by atomic mass is 10.1. The topological polar surface area (TPSA) is 73.2 Å². The molecule has 0 fully saturated rings. The molecule has 0 radical (unpaired) electrons. The molecule has 0 aliphatic heterocycles. The highest BCUT2D eigenvalue weighted by molar-refractivity contribution is 7.89. The minimum atomic E-state index is -3.96. The van der Waals surface area contributed by atoms with Gasteiger partial charge in [-0.1, -0.05) is 60.1 Å². The van der Waals surface area contributed by atoms with Crippen molar-refractivity contribution in [2.75, 3.05) is 0 Å². The number of fused-ring (bicyclic) bond motifs is 1. The zero-order chi connectivity index (χ0) is 26.0. The van der Waals surface area contributed by atoms with Gasteiger partial charge in [0.15, 0.2) is 0 Å². The molecule has 1 unspecified atom stereocenters. The van der Waals surface area contributed by atoms with E-state index in [1.807, 2.05) is 43.3 Å². The van der Waals surface area contributed by atoms with Gasteiger partial charge >= 0.3 is 6.01 Å². The number of aromatic nitrogens is 2. The van der Waals surface area contributed by atoms with Gasteiger partial charge in [-0.05, 0) is 60.3 Å². The van der Waals surface area contributed by atoms with Gasteiger partial charge < -0.3 is 4.74 Å². The van der Waals surface area contributed by atoms with Gasteiger partial charge in [0, 0.05) is 17.0 Å². The fourth-order valence-electron chi connectivity index (χ4n) is 4.17. The molecule has 0 spiro atoms. The summed E-state index contributed by atoms with van der Waals surface area (Å²) >= 11 is 6.26. The molecule has 0 aliphatic rings. The first-order valence-corrected chi connectivity index (χ1v) is 13.5. The lowest BCUT2D eigenvalue weighted by Gasteiger charge is -2.21. The summed E-state index contributed by atoms with van der Waals surface area (Å²) in [7, 11) is -3.96. The number of ether oxygens (including phenoxy) is 1. The second kappa shape index (κ2) is 10.3. The highest BCUT2D eigenvalue weighted by Crippen LogP contribution is 2.31. The van der Waals surface area contributed by atoms with Crippen molar-refractivity contribution in [1.29, 1.82) is 0 Å². The van der Waals surface area contributed by atoms with E-state index >= 15 is 0 Å². The Labute approximate surface area is 219 Å². The van der Waals surface area contributed by atoms with Crippen molar-refractivity contribution in [3.8, 4) is 11.8 Å². The molecule has 188 valence electrons. The fourth-order valence-corrected chi connectivity index (χ4v) is 5.64. The Kier molecular flexibility index (Phi) is 6.97. The number of benzene rings is 4. The van der Waals surface area contributed by atoms with Gasteiger partial charge in [-0.3, -0.25) is 4.57 Å². The zero-order valence-electron chi connectivity index (χ0n) is 19.8. The molecule has 0 amide bonds. The Bertz CT molecular complexity index is 1660. The van der Waals surface area contributed by atoms with Crippen LogP contribution in [-0.2, 0) is 16.6 Å². The summed E-state index contributed by atoms with van der Waals surface area (Å²) in [6.45, 7) is 2.37. The van der Waals surface area contributed by atoms with E-state index in [0.29, 0.717) is 23.0 Å². The Morgan fingerprint density at radius 2 is 1.76 bits per heavy atom. The number of hydrogen-bond acceptors (Lipinski definition) is 4. The first kappa shape index (κ1) is 25.0. The molecule has 37 heavy (non-hydrogen) atoms. The number of hydrogen-bond donors (Lipinski definition) is 1. The van der Waals surface area contributed by atoms with E-state index in [2.05, 4.69) is 9.71 Å². The van der Waals surface area contributed by atoms with Gasteiger partial charge in [0.2, 0.25) is 10.0 Å². The monoisotopic (exact) mass is 535 g/mol. The molecule has 0 aliphatic carbocycles. The second-order valence-electron chi connectivity index (χ2n) is 8.35. The molecule has 5 aromatic rings. The van der Waals surface area contributed by atoms with Gasteiger partial charge in [0.05, 0.1) is 22.8 Å². The molecule has 0 bridgehead atoms. The van der Waals surface area contributed by atoms with Crippen LogP contribution in [0.2, 0.25) is 5.02 Å². The maximum Gasteiger partial charge on any atom is 0.302 e. The molecular formula is C28H23ClFN3O3S. The van der Waals surface area contributed by atoms with Gasteiger partial charge in [-0.15, -0.1) is 0 Å². The summed E-state index contributed by atoms with van der Waals surface area (Å²) < 4.78 is 51.1. The minimum absolute atomic E-state index is 0.119. The van der Waals surface area contributed by atoms with Crippen LogP contribution in [-0.4, -0.2) is 18.0 Å². The number of sulfonamides is 1. The van der Waals surface area contributed by atoms with E-state index in [1.165, 1.54) is 24.3 Å². The molecule has 5 rings (SSSR count). The van der Waals surface area contributed by atoms with Crippen molar-refractivity contribution in [2.45, 2.75) is 24.4 Å². The van der Waals surface area contributed by atoms with Crippen LogP contribution in [0.5, 0.6) is 11.8 Å². The van der Waals surface area contributed by atoms with E-state index in [-0.39, 0.29) is 16.7 Å². The number of imidazole rings is 1. The van der Waals surface area contributed by atoms with Crippen LogP contribution < -0.4 is 9.46 Å².